The van der Waals surface area contributed by atoms with Crippen LogP contribution in [-0.2, 0) is 31.0 Å². The Labute approximate surface area is 675 Å². The van der Waals surface area contributed by atoms with Gasteiger partial charge in [0, 0.05) is 26.0 Å². The van der Waals surface area contributed by atoms with Crippen molar-refractivity contribution < 1.29 is 18.1 Å². The molecule has 6 aliphatic carbocycles. The van der Waals surface area contributed by atoms with Gasteiger partial charge in [-0.25, -0.2) is 0 Å². The average Bonchev–Trinajstić information content (AvgIpc) is 1.46. The molecule has 2 aromatic heterocycles. The molecule has 0 amide bonds. The van der Waals surface area contributed by atoms with Crippen molar-refractivity contribution in [2.45, 2.75) is 68.0 Å². The SMILES string of the molecule is Brc1ccc2oc3ccccc3c2c1.C.CC1(C)OB(c2ccc3c(c2)C2(c4ccccc4-3)c3ccccc3C3(c4ccccc4)c4ccccc4-c4cccc2c43)OC1(C)C.[BH4-].c1ccc(C23c4ccccc4-c4cccc(c42)C2(c4ccccc4-c4ccc(-c5ccc6oc7ccccc7c6c5)cc42)c2ccccc23)cc1. The van der Waals surface area contributed by atoms with Gasteiger partial charge in [-0.15, -0.1) is 0 Å². The molecule has 3 heterocycles. The molecular weight excluding hydrogens is 1450 g/mol. The molecule has 4 nitrogen and oxygen atoms in total. The molecule has 16 aromatic carbocycles. The quantitative estimate of drug-likeness (QED) is 0.165. The predicted octanol–water partition coefficient (Wildman–Crippen LogP) is 24.9. The Balaban J connectivity index is 0.000000121. The summed E-state index contributed by atoms with van der Waals surface area (Å²) in [6.45, 7) is 8.51. The number of furan rings is 2. The molecule has 1 aliphatic heterocycles. The maximum atomic E-state index is 6.64. The maximum Gasteiger partial charge on any atom is 0.494 e. The molecule has 0 bridgehead atoms. The van der Waals surface area contributed by atoms with Gasteiger partial charge in [0.15, 0.2) is 0 Å². The van der Waals surface area contributed by atoms with Crippen molar-refractivity contribution in [3.8, 4) is 55.6 Å². The number of benzene rings is 16. The van der Waals surface area contributed by atoms with Crippen molar-refractivity contribution in [1.82, 2.24) is 0 Å². The normalized spacial score (nSPS) is 19.3. The molecule has 0 saturated carbocycles. The van der Waals surface area contributed by atoms with E-state index in [0.717, 1.165) is 48.4 Å². The highest BCUT2D eigenvalue weighted by Gasteiger charge is 2.63. The monoisotopic (exact) mass is 1530 g/mol. The van der Waals surface area contributed by atoms with Crippen LogP contribution in [0, 0.1) is 0 Å². The number of hydrogen-bond donors (Lipinski definition) is 0. The van der Waals surface area contributed by atoms with Crippen molar-refractivity contribution in [3.63, 3.8) is 0 Å². The molecule has 1 saturated heterocycles. The van der Waals surface area contributed by atoms with E-state index in [1.807, 2.05) is 36.4 Å². The minimum Gasteiger partial charge on any atom is -0.456 e. The Morgan fingerprint density at radius 1 is 0.246 bits per heavy atom. The third kappa shape index (κ3) is 9.09. The summed E-state index contributed by atoms with van der Waals surface area (Å²) in [5.41, 5.74) is 36.5. The van der Waals surface area contributed by atoms with E-state index in [9.17, 15) is 0 Å². The first kappa shape index (κ1) is 69.6. The lowest BCUT2D eigenvalue weighted by Crippen LogP contribution is -2.44. The average molecular weight is 1530 g/mol. The highest BCUT2D eigenvalue weighted by molar-refractivity contribution is 9.10. The highest BCUT2D eigenvalue weighted by Crippen LogP contribution is 2.71. The molecule has 25 rings (SSSR count). The summed E-state index contributed by atoms with van der Waals surface area (Å²) in [5, 5.41) is 4.63. The fraction of sp³-hybridized carbons (Fsp3) is 0.103. The molecule has 7 heteroatoms. The first-order valence-electron chi connectivity index (χ1n) is 39.1. The zero-order valence-electron chi connectivity index (χ0n) is 62.2. The Bertz CT molecular complexity index is 7010. The van der Waals surface area contributed by atoms with Crippen molar-refractivity contribution in [1.29, 1.82) is 0 Å². The Morgan fingerprint density at radius 2 is 0.570 bits per heavy atom. The van der Waals surface area contributed by atoms with Crippen molar-refractivity contribution >= 4 is 80.8 Å². The van der Waals surface area contributed by atoms with Gasteiger partial charge in [-0.2, -0.15) is 0 Å². The lowest BCUT2D eigenvalue weighted by Gasteiger charge is -2.48. The zero-order chi connectivity index (χ0) is 74.6. The summed E-state index contributed by atoms with van der Waals surface area (Å²) in [5.74, 6) is 0. The predicted molar refractivity (Wildman–Crippen MR) is 477 cm³/mol. The van der Waals surface area contributed by atoms with E-state index in [4.69, 9.17) is 18.1 Å². The summed E-state index contributed by atoms with van der Waals surface area (Å²) in [6, 6.07) is 135. The molecular formula is C107H80B2BrO4-. The van der Waals surface area contributed by atoms with Gasteiger partial charge in [-0.05, 0) is 226 Å². The molecule has 7 aliphatic rings. The van der Waals surface area contributed by atoms with E-state index in [1.165, 1.54) is 150 Å². The lowest BCUT2D eigenvalue weighted by atomic mass is 9.52. The van der Waals surface area contributed by atoms with E-state index in [0.29, 0.717) is 0 Å². The van der Waals surface area contributed by atoms with Gasteiger partial charge in [0.05, 0.1) is 32.9 Å². The molecule has 4 atom stereocenters. The molecule has 0 radical (unpaired) electrons. The number of hydrogen-bond acceptors (Lipinski definition) is 4. The van der Waals surface area contributed by atoms with Gasteiger partial charge in [0.25, 0.3) is 0 Å². The summed E-state index contributed by atoms with van der Waals surface area (Å²) in [6.07, 6.45) is 0. The zero-order valence-corrected chi connectivity index (χ0v) is 63.8. The molecule has 546 valence electrons. The minimum absolute atomic E-state index is 0. The van der Waals surface area contributed by atoms with Crippen LogP contribution < -0.4 is 5.46 Å². The van der Waals surface area contributed by atoms with E-state index in [-0.39, 0.29) is 15.8 Å². The topological polar surface area (TPSA) is 44.7 Å². The summed E-state index contributed by atoms with van der Waals surface area (Å²) < 4.78 is 26.3. The van der Waals surface area contributed by atoms with Gasteiger partial charge in [-0.3, -0.25) is 0 Å². The first-order chi connectivity index (χ1) is 54.9. The molecule has 18 aromatic rings. The third-order valence-corrected chi connectivity index (χ3v) is 27.0. The van der Waals surface area contributed by atoms with E-state index >= 15 is 0 Å². The molecule has 0 N–H and O–H groups in total. The Hall–Kier alpha value is -12.4. The van der Waals surface area contributed by atoms with Crippen LogP contribution in [0.1, 0.15) is 124 Å². The van der Waals surface area contributed by atoms with Crippen LogP contribution in [-0.4, -0.2) is 26.7 Å². The van der Waals surface area contributed by atoms with Gasteiger partial charge in [0.1, 0.15) is 22.3 Å². The molecule has 1 fully saturated rings. The smallest absolute Gasteiger partial charge is 0.456 e. The highest BCUT2D eigenvalue weighted by atomic mass is 79.9. The maximum absolute atomic E-state index is 6.64. The Morgan fingerprint density at radius 3 is 1.05 bits per heavy atom. The van der Waals surface area contributed by atoms with E-state index < -0.39 is 40.0 Å². The van der Waals surface area contributed by atoms with E-state index in [1.54, 1.807) is 0 Å². The third-order valence-electron chi connectivity index (χ3n) is 26.5. The molecule has 4 unspecified atom stereocenters. The van der Waals surface area contributed by atoms with Gasteiger partial charge in [0.2, 0.25) is 0 Å². The number of fused-ring (bicyclic) bond motifs is 30. The van der Waals surface area contributed by atoms with Crippen LogP contribution in [0.25, 0.3) is 99.5 Å². The van der Waals surface area contributed by atoms with Crippen LogP contribution in [0.3, 0.4) is 0 Å². The van der Waals surface area contributed by atoms with Gasteiger partial charge in [-0.1, -0.05) is 347 Å². The van der Waals surface area contributed by atoms with Crippen LogP contribution in [0.5, 0.6) is 0 Å². The number of rotatable bonds is 4. The van der Waals surface area contributed by atoms with Crippen LogP contribution in [0.15, 0.2) is 377 Å². The van der Waals surface area contributed by atoms with E-state index in [2.05, 4.69) is 371 Å². The van der Waals surface area contributed by atoms with Crippen LogP contribution in [0.2, 0.25) is 0 Å². The first-order valence-corrected chi connectivity index (χ1v) is 39.8. The lowest BCUT2D eigenvalue weighted by molar-refractivity contribution is 0.00578. The molecule has 2 spiro atoms. The summed E-state index contributed by atoms with van der Waals surface area (Å²) >= 11 is 3.46. The van der Waals surface area contributed by atoms with Crippen molar-refractivity contribution in [2.75, 3.05) is 0 Å². The van der Waals surface area contributed by atoms with Crippen molar-refractivity contribution in [2.24, 2.45) is 0 Å². The number of halogens is 1. The second-order valence-electron chi connectivity index (χ2n) is 32.2. The second kappa shape index (κ2) is 25.3. The minimum atomic E-state index is -0.520. The van der Waals surface area contributed by atoms with Gasteiger partial charge < -0.3 is 18.1 Å². The number of para-hydroxylation sites is 2. The summed E-state index contributed by atoms with van der Waals surface area (Å²) in [7, 11) is -0.445. The summed E-state index contributed by atoms with van der Waals surface area (Å²) in [4.78, 5) is 0. The second-order valence-corrected chi connectivity index (χ2v) is 33.1. The van der Waals surface area contributed by atoms with Crippen molar-refractivity contribution in [3.05, 3.63) is 457 Å². The van der Waals surface area contributed by atoms with Gasteiger partial charge >= 0.3 is 7.12 Å². The Kier molecular flexibility index (Phi) is 15.5. The standard InChI is InChI=1S/C50H30O.C44H35BO2.C12H7BrO.CH4.BH4/c1-2-13-33(14-3-1)49-40-19-7-5-16-35(40)38-18-12-23-44(48(38)49)50(43-22-10-9-21-42(43)49)41-20-8-4-15-34(41)36-27-25-32(30-45(36)50)31-26-28-47-39(29-31)37-17-6-11-24-46(37)51-47;1-41(2)42(3,4)47-45(46-41)29-25-26-32-30-17-8-11-21-35(30)44(39(32)27-29)37-23-13-12-22-36(37)43(28-15-6-5-7-16-28)34-20-10-9-18-31(34)33-19-14-24-38(44)40(33)43;13-8-5-6-12-10(7-8)9-3-1-2-4-11(9)14-12;;/h1-30H;5-27H,1-4H3;1-7H;2*1H4/q;;;;-1. The fourth-order valence-electron chi connectivity index (χ4n) is 21.4. The van der Waals surface area contributed by atoms with Crippen LogP contribution >= 0.6 is 15.9 Å². The largest absolute Gasteiger partial charge is 0.494 e. The van der Waals surface area contributed by atoms with Crippen LogP contribution in [0.4, 0.5) is 0 Å². The fourth-order valence-corrected chi connectivity index (χ4v) is 21.8. The molecule has 114 heavy (non-hydrogen) atoms.